The summed E-state index contributed by atoms with van der Waals surface area (Å²) < 4.78 is 0. The van der Waals surface area contributed by atoms with Gasteiger partial charge in [-0.15, -0.1) is 0 Å². The van der Waals surface area contributed by atoms with Gasteiger partial charge < -0.3 is 0 Å². The van der Waals surface area contributed by atoms with Crippen LogP contribution in [0, 0.1) is 6.42 Å². The molecule has 0 aromatic heterocycles. The number of allylic oxidation sites excluding steroid dienone is 1. The predicted octanol–water partition coefficient (Wildman–Crippen LogP) is 5.66. The molecule has 2 aromatic carbocycles. The minimum absolute atomic E-state index is 0. The zero-order valence-corrected chi connectivity index (χ0v) is 15.3. The third kappa shape index (κ3) is 3.46. The maximum Gasteiger partial charge on any atom is 0.0164 e. The average molecular weight is 353 g/mol. The van der Waals surface area contributed by atoms with Crippen LogP contribution >= 0.6 is 0 Å². The summed E-state index contributed by atoms with van der Waals surface area (Å²) in [4.78, 5) is 0. The molecule has 0 saturated carbocycles. The molecule has 1 radical (unpaired) electrons. The van der Waals surface area contributed by atoms with Gasteiger partial charge in [0, 0.05) is 32.6 Å². The second-order valence-electron chi connectivity index (χ2n) is 5.47. The fourth-order valence-electron chi connectivity index (χ4n) is 2.90. The summed E-state index contributed by atoms with van der Waals surface area (Å²) >= 11 is 0. The van der Waals surface area contributed by atoms with E-state index in [1.807, 2.05) is 0 Å². The first-order chi connectivity index (χ1) is 9.81. The van der Waals surface area contributed by atoms with Gasteiger partial charge in [-0.25, -0.2) is 0 Å². The largest absolute Gasteiger partial charge is 0.0651 e. The van der Waals surface area contributed by atoms with Crippen LogP contribution in [0.15, 0.2) is 48.0 Å². The van der Waals surface area contributed by atoms with Crippen LogP contribution in [0.3, 0.4) is 0 Å². The standard InChI is InChI=1S/C20H21.Zr/c1-3-6-16-13-18-7-5-8-19(20(18)14-16)17-11-9-15(4-2)10-12-17;/h5,7-14H,3-4,6H2,1-2H3;. The first kappa shape index (κ1) is 16.4. The minimum Gasteiger partial charge on any atom is -0.0651 e. The van der Waals surface area contributed by atoms with E-state index < -0.39 is 0 Å². The van der Waals surface area contributed by atoms with Crippen LogP contribution in [-0.4, -0.2) is 0 Å². The molecule has 0 unspecified atom stereocenters. The van der Waals surface area contributed by atoms with Gasteiger partial charge in [0.25, 0.3) is 0 Å². The van der Waals surface area contributed by atoms with Gasteiger partial charge in [-0.05, 0) is 40.7 Å². The van der Waals surface area contributed by atoms with Crippen LogP contribution in [0.2, 0.25) is 0 Å². The molecule has 0 N–H and O–H groups in total. The molecule has 0 fully saturated rings. The molecule has 0 bridgehead atoms. The maximum atomic E-state index is 2.36. The van der Waals surface area contributed by atoms with Gasteiger partial charge in [0.2, 0.25) is 0 Å². The second kappa shape index (κ2) is 7.36. The Bertz CT molecular complexity index is 635. The van der Waals surface area contributed by atoms with Crippen molar-refractivity contribution in [3.8, 4) is 11.1 Å². The van der Waals surface area contributed by atoms with Crippen molar-refractivity contribution in [1.82, 2.24) is 0 Å². The third-order valence-corrected chi connectivity index (χ3v) is 4.02. The zero-order valence-electron chi connectivity index (χ0n) is 12.8. The van der Waals surface area contributed by atoms with Gasteiger partial charge in [0.05, 0.1) is 0 Å². The van der Waals surface area contributed by atoms with Crippen molar-refractivity contribution in [1.29, 1.82) is 0 Å². The fourth-order valence-corrected chi connectivity index (χ4v) is 2.90. The quantitative estimate of drug-likeness (QED) is 0.666. The van der Waals surface area contributed by atoms with Crippen molar-refractivity contribution in [2.24, 2.45) is 0 Å². The second-order valence-corrected chi connectivity index (χ2v) is 5.47. The molecule has 2 aromatic rings. The molecule has 1 aliphatic rings. The van der Waals surface area contributed by atoms with E-state index in [1.165, 1.54) is 46.2 Å². The number of benzene rings is 2. The van der Waals surface area contributed by atoms with Gasteiger partial charge in [0.15, 0.2) is 0 Å². The van der Waals surface area contributed by atoms with Gasteiger partial charge >= 0.3 is 0 Å². The zero-order chi connectivity index (χ0) is 13.9. The Kier molecular flexibility index (Phi) is 5.76. The molecule has 0 nitrogen and oxygen atoms in total. The molecule has 0 heterocycles. The molecule has 0 aliphatic heterocycles. The van der Waals surface area contributed by atoms with E-state index in [4.69, 9.17) is 0 Å². The summed E-state index contributed by atoms with van der Waals surface area (Å²) in [6.45, 7) is 4.44. The molecule has 3 rings (SSSR count). The maximum absolute atomic E-state index is 2.36. The van der Waals surface area contributed by atoms with Crippen LogP contribution < -0.4 is 0 Å². The number of aryl methyl sites for hydroxylation is 1. The van der Waals surface area contributed by atoms with E-state index in [0.717, 1.165) is 6.42 Å². The summed E-state index contributed by atoms with van der Waals surface area (Å²) in [5.74, 6) is 0. The number of fused-ring (bicyclic) bond motifs is 1. The van der Waals surface area contributed by atoms with Crippen molar-refractivity contribution >= 4 is 6.08 Å². The van der Waals surface area contributed by atoms with E-state index in [0.29, 0.717) is 0 Å². The Morgan fingerprint density at radius 3 is 2.33 bits per heavy atom. The third-order valence-electron chi connectivity index (χ3n) is 4.02. The van der Waals surface area contributed by atoms with Crippen molar-refractivity contribution in [2.45, 2.75) is 33.1 Å². The monoisotopic (exact) mass is 351 g/mol. The summed E-state index contributed by atoms with van der Waals surface area (Å²) in [6.07, 6.45) is 8.17. The Morgan fingerprint density at radius 2 is 1.67 bits per heavy atom. The molecule has 0 amide bonds. The van der Waals surface area contributed by atoms with Crippen molar-refractivity contribution in [3.63, 3.8) is 0 Å². The van der Waals surface area contributed by atoms with E-state index in [2.05, 4.69) is 68.8 Å². The molecule has 0 saturated heterocycles. The van der Waals surface area contributed by atoms with E-state index in [1.54, 1.807) is 0 Å². The molecule has 105 valence electrons. The van der Waals surface area contributed by atoms with Crippen LogP contribution in [-0.2, 0) is 32.6 Å². The summed E-state index contributed by atoms with van der Waals surface area (Å²) in [7, 11) is 0. The normalized spacial score (nSPS) is 12.6. The minimum atomic E-state index is 0. The molecular formula is C20H21Zr. The van der Waals surface area contributed by atoms with Gasteiger partial charge in [-0.1, -0.05) is 74.4 Å². The SMILES string of the molecule is CCCC1=Cc2c(cccc2-c2ccc(CC)cc2)[CH]1.[Zr]. The summed E-state index contributed by atoms with van der Waals surface area (Å²) in [6, 6.07) is 15.6. The first-order valence-corrected chi connectivity index (χ1v) is 7.59. The Balaban J connectivity index is 0.00000161. The van der Waals surface area contributed by atoms with Gasteiger partial charge in [0.1, 0.15) is 0 Å². The molecule has 1 heteroatoms. The Hall–Kier alpha value is -0.937. The van der Waals surface area contributed by atoms with Crippen LogP contribution in [0.1, 0.15) is 43.4 Å². The van der Waals surface area contributed by atoms with Gasteiger partial charge in [-0.2, -0.15) is 0 Å². The van der Waals surface area contributed by atoms with Crippen molar-refractivity contribution in [3.05, 3.63) is 71.1 Å². The summed E-state index contributed by atoms with van der Waals surface area (Å²) in [5.41, 5.74) is 8.29. The fraction of sp³-hybridized carbons (Fsp3) is 0.250. The first-order valence-electron chi connectivity index (χ1n) is 7.59. The van der Waals surface area contributed by atoms with Crippen molar-refractivity contribution in [2.75, 3.05) is 0 Å². The predicted molar refractivity (Wildman–Crippen MR) is 87.5 cm³/mol. The Morgan fingerprint density at radius 1 is 0.905 bits per heavy atom. The molecule has 0 spiro atoms. The average Bonchev–Trinajstić information content (AvgIpc) is 2.90. The Labute approximate surface area is 147 Å². The topological polar surface area (TPSA) is 0 Å². The van der Waals surface area contributed by atoms with E-state index in [-0.39, 0.29) is 26.2 Å². The van der Waals surface area contributed by atoms with Crippen molar-refractivity contribution < 1.29 is 26.2 Å². The van der Waals surface area contributed by atoms with Crippen LogP contribution in [0.25, 0.3) is 17.2 Å². The van der Waals surface area contributed by atoms with Gasteiger partial charge in [-0.3, -0.25) is 0 Å². The number of rotatable bonds is 4. The molecule has 1 aliphatic carbocycles. The van der Waals surface area contributed by atoms with E-state index >= 15 is 0 Å². The smallest absolute Gasteiger partial charge is 0.0164 e. The molecule has 21 heavy (non-hydrogen) atoms. The number of hydrogen-bond acceptors (Lipinski definition) is 0. The molecular weight excluding hydrogens is 331 g/mol. The number of hydrogen-bond donors (Lipinski definition) is 0. The molecule has 0 atom stereocenters. The summed E-state index contributed by atoms with van der Waals surface area (Å²) in [5, 5.41) is 0. The van der Waals surface area contributed by atoms with Crippen LogP contribution in [0.5, 0.6) is 0 Å². The van der Waals surface area contributed by atoms with Crippen LogP contribution in [0.4, 0.5) is 0 Å². The van der Waals surface area contributed by atoms with E-state index in [9.17, 15) is 0 Å².